The van der Waals surface area contributed by atoms with E-state index >= 15 is 0 Å². The summed E-state index contributed by atoms with van der Waals surface area (Å²) in [4.78, 5) is 17.5. The minimum atomic E-state index is -0.587. The van der Waals surface area contributed by atoms with E-state index in [4.69, 9.17) is 21.2 Å². The van der Waals surface area contributed by atoms with Crippen LogP contribution in [0.1, 0.15) is 17.5 Å². The number of benzene rings is 2. The fourth-order valence-electron chi connectivity index (χ4n) is 2.58. The third kappa shape index (κ3) is 4.51. The molecular weight excluding hydrogens is 340 g/mol. The molecule has 0 aliphatic carbocycles. The van der Waals surface area contributed by atoms with E-state index in [2.05, 4.69) is 10.5 Å². The van der Waals surface area contributed by atoms with E-state index in [1.807, 2.05) is 48.5 Å². The zero-order chi connectivity index (χ0) is 17.6. The van der Waals surface area contributed by atoms with Crippen LogP contribution in [-0.2, 0) is 22.6 Å². The zero-order valence-electron chi connectivity index (χ0n) is 13.9. The summed E-state index contributed by atoms with van der Waals surface area (Å²) >= 11 is 6.16. The number of carbonyl (C=O) groups is 1. The summed E-state index contributed by atoms with van der Waals surface area (Å²) in [6.45, 7) is 0.433. The van der Waals surface area contributed by atoms with Crippen LogP contribution in [0.4, 0.5) is 0 Å². The molecule has 1 heterocycles. The van der Waals surface area contributed by atoms with Crippen molar-refractivity contribution in [3.63, 3.8) is 0 Å². The number of amides is 1. The Kier molecular flexibility index (Phi) is 5.56. The third-order valence-corrected chi connectivity index (χ3v) is 4.37. The van der Waals surface area contributed by atoms with Crippen molar-refractivity contribution >= 4 is 23.2 Å². The van der Waals surface area contributed by atoms with Crippen molar-refractivity contribution in [1.82, 2.24) is 5.32 Å². The first kappa shape index (κ1) is 17.3. The van der Waals surface area contributed by atoms with E-state index in [1.165, 1.54) is 0 Å². The van der Waals surface area contributed by atoms with Crippen molar-refractivity contribution in [2.24, 2.45) is 5.16 Å². The van der Waals surface area contributed by atoms with Crippen LogP contribution in [0.15, 0.2) is 53.7 Å². The molecule has 1 unspecified atom stereocenters. The molecule has 2 aromatic rings. The predicted molar refractivity (Wildman–Crippen MR) is 96.9 cm³/mol. The molecule has 0 fully saturated rings. The van der Waals surface area contributed by atoms with Gasteiger partial charge in [-0.3, -0.25) is 4.79 Å². The first-order chi connectivity index (χ1) is 12.2. The third-order valence-electron chi connectivity index (χ3n) is 4.00. The maximum atomic E-state index is 12.2. The Hall–Kier alpha value is -2.53. The normalized spacial score (nSPS) is 16.1. The monoisotopic (exact) mass is 358 g/mol. The lowest BCUT2D eigenvalue weighted by atomic mass is 10.0. The molecule has 6 heteroatoms. The van der Waals surface area contributed by atoms with Gasteiger partial charge in [-0.1, -0.05) is 47.1 Å². The molecular formula is C19H19ClN2O3. The molecule has 1 N–H and O–H groups in total. The second-order valence-corrected chi connectivity index (χ2v) is 6.20. The van der Waals surface area contributed by atoms with Crippen LogP contribution in [0.2, 0.25) is 5.02 Å². The maximum absolute atomic E-state index is 12.2. The lowest BCUT2D eigenvalue weighted by molar-refractivity contribution is -0.131. The Balaban J connectivity index is 1.49. The minimum Gasteiger partial charge on any atom is -0.497 e. The van der Waals surface area contributed by atoms with Crippen molar-refractivity contribution < 1.29 is 14.4 Å². The van der Waals surface area contributed by atoms with Crippen LogP contribution in [-0.4, -0.2) is 24.8 Å². The molecule has 25 heavy (non-hydrogen) atoms. The quantitative estimate of drug-likeness (QED) is 0.861. The molecule has 0 aromatic heterocycles. The molecule has 0 spiro atoms. The summed E-state index contributed by atoms with van der Waals surface area (Å²) in [7, 11) is 1.62. The highest BCUT2D eigenvalue weighted by Crippen LogP contribution is 2.20. The topological polar surface area (TPSA) is 59.9 Å². The molecule has 5 nitrogen and oxygen atoms in total. The highest BCUT2D eigenvalue weighted by atomic mass is 35.5. The van der Waals surface area contributed by atoms with E-state index in [9.17, 15) is 4.79 Å². The molecule has 0 radical (unpaired) electrons. The summed E-state index contributed by atoms with van der Waals surface area (Å²) in [5, 5.41) is 7.60. The fraction of sp³-hybridized carbons (Fsp3) is 0.263. The number of carbonyl (C=O) groups excluding carboxylic acids is 1. The van der Waals surface area contributed by atoms with Gasteiger partial charge < -0.3 is 14.9 Å². The number of nitrogens with one attached hydrogen (secondary N) is 1. The average molecular weight is 359 g/mol. The molecule has 1 atom stereocenters. The van der Waals surface area contributed by atoms with Crippen LogP contribution in [0.25, 0.3) is 0 Å². The summed E-state index contributed by atoms with van der Waals surface area (Å²) in [5.74, 6) is 0.612. The second kappa shape index (κ2) is 8.03. The van der Waals surface area contributed by atoms with Gasteiger partial charge in [0.1, 0.15) is 5.75 Å². The van der Waals surface area contributed by atoms with Crippen LogP contribution >= 0.6 is 11.6 Å². The standard InChI is InChI=1S/C19H19ClN2O3/c1-24-16-8-6-13(7-9-16)12-21-19(23)18-11-15(22-25-18)10-14-4-2-3-5-17(14)20/h2-9,18H,10-12H2,1H3,(H,21,23). The van der Waals surface area contributed by atoms with E-state index in [-0.39, 0.29) is 5.91 Å². The van der Waals surface area contributed by atoms with Gasteiger partial charge in [0.15, 0.2) is 0 Å². The first-order valence-corrected chi connectivity index (χ1v) is 8.39. The lowest BCUT2D eigenvalue weighted by Crippen LogP contribution is -2.34. The van der Waals surface area contributed by atoms with E-state index in [0.29, 0.717) is 24.4 Å². The van der Waals surface area contributed by atoms with Crippen molar-refractivity contribution in [1.29, 1.82) is 0 Å². The Morgan fingerprint density at radius 2 is 2.04 bits per heavy atom. The second-order valence-electron chi connectivity index (χ2n) is 5.79. The van der Waals surface area contributed by atoms with Gasteiger partial charge in [0.2, 0.25) is 6.10 Å². The van der Waals surface area contributed by atoms with Crippen molar-refractivity contribution in [3.8, 4) is 5.75 Å². The molecule has 130 valence electrons. The SMILES string of the molecule is COc1ccc(CNC(=O)C2CC(Cc3ccccc3Cl)=NO2)cc1. The number of ether oxygens (including phenoxy) is 1. The predicted octanol–water partition coefficient (Wildman–Crippen LogP) is 3.35. The van der Waals surface area contributed by atoms with Gasteiger partial charge in [-0.2, -0.15) is 0 Å². The van der Waals surface area contributed by atoms with Gasteiger partial charge in [0.05, 0.1) is 12.8 Å². The Labute approximate surface area is 151 Å². The molecule has 3 rings (SSSR count). The van der Waals surface area contributed by atoms with Gasteiger partial charge in [-0.25, -0.2) is 0 Å². The smallest absolute Gasteiger partial charge is 0.264 e. The molecule has 1 aliphatic heterocycles. The van der Waals surface area contributed by atoms with Gasteiger partial charge in [-0.15, -0.1) is 0 Å². The van der Waals surface area contributed by atoms with Gasteiger partial charge >= 0.3 is 0 Å². The van der Waals surface area contributed by atoms with Crippen molar-refractivity contribution in [2.75, 3.05) is 7.11 Å². The average Bonchev–Trinajstić information content (AvgIpc) is 3.11. The number of hydrogen-bond acceptors (Lipinski definition) is 4. The lowest BCUT2D eigenvalue weighted by Gasteiger charge is -2.10. The summed E-state index contributed by atoms with van der Waals surface area (Å²) in [5.41, 5.74) is 2.79. The van der Waals surface area contributed by atoms with E-state index in [0.717, 1.165) is 22.6 Å². The number of halogens is 1. The van der Waals surface area contributed by atoms with Crippen LogP contribution < -0.4 is 10.1 Å². The van der Waals surface area contributed by atoms with Crippen LogP contribution in [0.5, 0.6) is 5.75 Å². The Bertz CT molecular complexity index is 774. The zero-order valence-corrected chi connectivity index (χ0v) is 14.6. The Morgan fingerprint density at radius 3 is 2.76 bits per heavy atom. The van der Waals surface area contributed by atoms with Crippen LogP contribution in [0, 0.1) is 0 Å². The van der Waals surface area contributed by atoms with Crippen LogP contribution in [0.3, 0.4) is 0 Å². The number of rotatable bonds is 6. The largest absolute Gasteiger partial charge is 0.497 e. The molecule has 0 saturated carbocycles. The number of methoxy groups -OCH3 is 1. The highest BCUT2D eigenvalue weighted by molar-refractivity contribution is 6.31. The number of nitrogens with zero attached hydrogens (tertiary/aromatic N) is 1. The van der Waals surface area contributed by atoms with Crippen molar-refractivity contribution in [2.45, 2.75) is 25.5 Å². The molecule has 1 amide bonds. The van der Waals surface area contributed by atoms with Gasteiger partial charge in [-0.05, 0) is 29.3 Å². The fourth-order valence-corrected chi connectivity index (χ4v) is 2.78. The minimum absolute atomic E-state index is 0.172. The van der Waals surface area contributed by atoms with Crippen molar-refractivity contribution in [3.05, 3.63) is 64.7 Å². The van der Waals surface area contributed by atoms with Gasteiger partial charge in [0, 0.05) is 24.4 Å². The summed E-state index contributed by atoms with van der Waals surface area (Å²) in [6, 6.07) is 15.1. The van der Waals surface area contributed by atoms with Gasteiger partial charge in [0.25, 0.3) is 5.91 Å². The number of oxime groups is 1. The first-order valence-electron chi connectivity index (χ1n) is 8.01. The molecule has 0 bridgehead atoms. The highest BCUT2D eigenvalue weighted by Gasteiger charge is 2.28. The maximum Gasteiger partial charge on any atom is 0.264 e. The van der Waals surface area contributed by atoms with E-state index in [1.54, 1.807) is 7.11 Å². The molecule has 1 aliphatic rings. The molecule has 0 saturated heterocycles. The summed E-state index contributed by atoms with van der Waals surface area (Å²) in [6.07, 6.45) is 0.470. The Morgan fingerprint density at radius 1 is 1.28 bits per heavy atom. The van der Waals surface area contributed by atoms with E-state index < -0.39 is 6.10 Å². The summed E-state index contributed by atoms with van der Waals surface area (Å²) < 4.78 is 5.11. The molecule has 2 aromatic carbocycles. The number of hydrogen-bond donors (Lipinski definition) is 1.